The Morgan fingerprint density at radius 1 is 1.67 bits per heavy atom. The number of carbonyl (C=O) groups is 1. The molecule has 0 bridgehead atoms. The first-order valence-electron chi connectivity index (χ1n) is 3.83. The molecule has 0 saturated carbocycles. The molecule has 3 nitrogen and oxygen atoms in total. The van der Waals surface area contributed by atoms with Gasteiger partial charge in [0.25, 0.3) is 0 Å². The van der Waals surface area contributed by atoms with Gasteiger partial charge in [-0.1, -0.05) is 0 Å². The van der Waals surface area contributed by atoms with Gasteiger partial charge in [0, 0.05) is 11.6 Å². The molecule has 1 aromatic heterocycles. The van der Waals surface area contributed by atoms with Gasteiger partial charge in [-0.2, -0.15) is 13.2 Å². The normalized spacial score (nSPS) is 13.6. The summed E-state index contributed by atoms with van der Waals surface area (Å²) in [5.74, 6) is -0.702. The van der Waals surface area contributed by atoms with Crippen LogP contribution in [0.4, 0.5) is 18.3 Å². The first-order chi connectivity index (χ1) is 6.88. The lowest BCUT2D eigenvalue weighted by atomic mass is 10.4. The third kappa shape index (κ3) is 4.52. The minimum absolute atomic E-state index is 0.301. The number of amides is 1. The van der Waals surface area contributed by atoms with Crippen molar-refractivity contribution in [2.75, 3.05) is 5.32 Å². The second-order valence-electron chi connectivity index (χ2n) is 2.53. The Balaban J connectivity index is 2.47. The van der Waals surface area contributed by atoms with Crippen molar-refractivity contribution in [2.24, 2.45) is 0 Å². The van der Waals surface area contributed by atoms with Crippen LogP contribution in [0.25, 0.3) is 0 Å². The fourth-order valence-electron chi connectivity index (χ4n) is 0.746. The summed E-state index contributed by atoms with van der Waals surface area (Å²) in [6.07, 6.45) is 1.46. The molecule has 0 aliphatic heterocycles. The van der Waals surface area contributed by atoms with Crippen LogP contribution in [0.5, 0.6) is 0 Å². The number of aromatic nitrogens is 1. The Hall–Kier alpha value is -0.760. The van der Waals surface area contributed by atoms with Crippen LogP contribution in [0.2, 0.25) is 0 Å². The molecule has 15 heavy (non-hydrogen) atoms. The van der Waals surface area contributed by atoms with Gasteiger partial charge in [0.1, 0.15) is 0 Å². The van der Waals surface area contributed by atoms with Gasteiger partial charge in [0.15, 0.2) is 5.13 Å². The van der Waals surface area contributed by atoms with Gasteiger partial charge in [0.2, 0.25) is 5.91 Å². The van der Waals surface area contributed by atoms with Crippen molar-refractivity contribution in [1.29, 1.82) is 0 Å². The third-order valence-electron chi connectivity index (χ3n) is 1.34. The standard InChI is InChI=1S/C7H7F3N2OS2/c1-4(15-7(8,9)10)5(13)12-6-11-2-3-14-6/h2-4H,1H3,(H,11,12,13)/t4-/m1/s1. The molecular formula is C7H7F3N2OS2. The predicted octanol–water partition coefficient (Wildman–Crippen LogP) is 2.72. The third-order valence-corrected chi connectivity index (χ3v) is 2.87. The highest BCUT2D eigenvalue weighted by atomic mass is 32.2. The number of nitrogens with zero attached hydrogens (tertiary/aromatic N) is 1. The maximum atomic E-state index is 11.9. The van der Waals surface area contributed by atoms with Crippen LogP contribution in [0.1, 0.15) is 6.92 Å². The first-order valence-corrected chi connectivity index (χ1v) is 5.59. The SMILES string of the molecule is C[C@@H](SC(F)(F)F)C(=O)Nc1nccs1. The van der Waals surface area contributed by atoms with Crippen molar-refractivity contribution in [3.8, 4) is 0 Å². The van der Waals surface area contributed by atoms with E-state index in [1.54, 1.807) is 5.38 Å². The van der Waals surface area contributed by atoms with Crippen molar-refractivity contribution in [2.45, 2.75) is 17.7 Å². The lowest BCUT2D eigenvalue weighted by molar-refractivity contribution is -0.115. The number of nitrogens with one attached hydrogen (secondary N) is 1. The number of hydrogen-bond acceptors (Lipinski definition) is 4. The van der Waals surface area contributed by atoms with E-state index in [0.717, 1.165) is 11.3 Å². The van der Waals surface area contributed by atoms with E-state index in [1.165, 1.54) is 13.1 Å². The average Bonchev–Trinajstić information content (AvgIpc) is 2.53. The molecule has 1 heterocycles. The molecule has 1 amide bonds. The van der Waals surface area contributed by atoms with E-state index in [0.29, 0.717) is 5.13 Å². The van der Waals surface area contributed by atoms with Crippen LogP contribution < -0.4 is 5.32 Å². The minimum atomic E-state index is -4.40. The van der Waals surface area contributed by atoms with Gasteiger partial charge >= 0.3 is 5.51 Å². The summed E-state index contributed by atoms with van der Waals surface area (Å²) in [6, 6.07) is 0. The molecule has 1 atom stereocenters. The summed E-state index contributed by atoms with van der Waals surface area (Å²) >= 11 is 0.805. The Labute approximate surface area is 92.1 Å². The van der Waals surface area contributed by atoms with Gasteiger partial charge < -0.3 is 5.32 Å². The zero-order valence-corrected chi connectivity index (χ0v) is 9.17. The van der Waals surface area contributed by atoms with Crippen molar-refractivity contribution in [3.05, 3.63) is 11.6 Å². The van der Waals surface area contributed by atoms with E-state index in [1.807, 2.05) is 0 Å². The fourth-order valence-corrected chi connectivity index (χ4v) is 1.84. The van der Waals surface area contributed by atoms with E-state index in [-0.39, 0.29) is 11.8 Å². The Morgan fingerprint density at radius 2 is 2.33 bits per heavy atom. The Kier molecular flexibility index (Phi) is 3.97. The number of alkyl halides is 3. The topological polar surface area (TPSA) is 42.0 Å². The zero-order chi connectivity index (χ0) is 11.5. The largest absolute Gasteiger partial charge is 0.442 e. The van der Waals surface area contributed by atoms with Crippen molar-refractivity contribution >= 4 is 34.1 Å². The highest BCUT2D eigenvalue weighted by Gasteiger charge is 2.34. The summed E-state index contributed by atoms with van der Waals surface area (Å²) in [5, 5.41) is 3.03. The molecule has 0 fully saturated rings. The number of carbonyl (C=O) groups excluding carboxylic acids is 1. The van der Waals surface area contributed by atoms with E-state index in [4.69, 9.17) is 0 Å². The molecular weight excluding hydrogens is 249 g/mol. The quantitative estimate of drug-likeness (QED) is 0.904. The Bertz CT molecular complexity index is 325. The molecule has 0 aromatic carbocycles. The fraction of sp³-hybridized carbons (Fsp3) is 0.429. The first kappa shape index (κ1) is 12.3. The molecule has 0 aliphatic rings. The molecule has 84 valence electrons. The molecule has 0 saturated heterocycles. The van der Waals surface area contributed by atoms with E-state index in [2.05, 4.69) is 10.3 Å². The number of hydrogen-bond donors (Lipinski definition) is 1. The van der Waals surface area contributed by atoms with Crippen molar-refractivity contribution in [3.63, 3.8) is 0 Å². The number of anilines is 1. The maximum Gasteiger partial charge on any atom is 0.442 e. The van der Waals surface area contributed by atoms with Crippen LogP contribution in [0.15, 0.2) is 11.6 Å². The Morgan fingerprint density at radius 3 is 2.80 bits per heavy atom. The van der Waals surface area contributed by atoms with Crippen LogP contribution >= 0.6 is 23.1 Å². The maximum absolute atomic E-state index is 11.9. The van der Waals surface area contributed by atoms with E-state index >= 15 is 0 Å². The van der Waals surface area contributed by atoms with E-state index in [9.17, 15) is 18.0 Å². The molecule has 1 rings (SSSR count). The number of thiazole rings is 1. The highest BCUT2D eigenvalue weighted by molar-refractivity contribution is 8.01. The van der Waals surface area contributed by atoms with Crippen molar-refractivity contribution in [1.82, 2.24) is 4.98 Å². The molecule has 8 heteroatoms. The average molecular weight is 256 g/mol. The summed E-state index contributed by atoms with van der Waals surface area (Å²) in [6.45, 7) is 1.20. The van der Waals surface area contributed by atoms with Crippen molar-refractivity contribution < 1.29 is 18.0 Å². The second-order valence-corrected chi connectivity index (χ2v) is 4.83. The summed E-state index contributed by atoms with van der Waals surface area (Å²) < 4.78 is 35.7. The summed E-state index contributed by atoms with van der Waals surface area (Å²) in [4.78, 5) is 15.0. The van der Waals surface area contributed by atoms with Gasteiger partial charge in [-0.05, 0) is 18.7 Å². The molecule has 0 radical (unpaired) electrons. The van der Waals surface area contributed by atoms with Gasteiger partial charge in [-0.3, -0.25) is 4.79 Å². The van der Waals surface area contributed by atoms with Crippen LogP contribution in [0, 0.1) is 0 Å². The van der Waals surface area contributed by atoms with Gasteiger partial charge in [-0.15, -0.1) is 11.3 Å². The number of thioether (sulfide) groups is 1. The second kappa shape index (κ2) is 4.84. The molecule has 1 N–H and O–H groups in total. The van der Waals surface area contributed by atoms with Crippen LogP contribution in [-0.2, 0) is 4.79 Å². The van der Waals surface area contributed by atoms with E-state index < -0.39 is 16.7 Å². The van der Waals surface area contributed by atoms with Gasteiger partial charge in [0.05, 0.1) is 5.25 Å². The molecule has 0 aliphatic carbocycles. The summed E-state index contributed by atoms with van der Waals surface area (Å²) in [7, 11) is 0. The number of rotatable bonds is 3. The molecule has 1 aromatic rings. The van der Waals surface area contributed by atoms with Gasteiger partial charge in [-0.25, -0.2) is 4.98 Å². The predicted molar refractivity (Wildman–Crippen MR) is 53.9 cm³/mol. The number of halogens is 3. The highest BCUT2D eigenvalue weighted by Crippen LogP contribution is 2.34. The zero-order valence-electron chi connectivity index (χ0n) is 7.54. The minimum Gasteiger partial charge on any atom is -0.301 e. The lowest BCUT2D eigenvalue weighted by Crippen LogP contribution is -2.25. The monoisotopic (exact) mass is 256 g/mol. The molecule has 0 spiro atoms. The lowest BCUT2D eigenvalue weighted by Gasteiger charge is -2.12. The van der Waals surface area contributed by atoms with Crippen LogP contribution in [-0.4, -0.2) is 21.6 Å². The summed E-state index contributed by atoms with van der Waals surface area (Å²) in [5.41, 5.74) is -4.40. The molecule has 0 unspecified atom stereocenters. The van der Waals surface area contributed by atoms with Crippen LogP contribution in [0.3, 0.4) is 0 Å². The smallest absolute Gasteiger partial charge is 0.301 e.